The molecule has 20 heavy (non-hydrogen) atoms. The second kappa shape index (κ2) is 4.37. The number of carbonyl (C=O) groups excluding carboxylic acids is 3. The van der Waals surface area contributed by atoms with Crippen LogP contribution in [-0.2, 0) is 9.59 Å². The van der Waals surface area contributed by atoms with Crippen molar-refractivity contribution in [3.63, 3.8) is 0 Å². The molecule has 5 nitrogen and oxygen atoms in total. The van der Waals surface area contributed by atoms with Crippen molar-refractivity contribution in [1.82, 2.24) is 5.32 Å². The van der Waals surface area contributed by atoms with Gasteiger partial charge >= 0.3 is 6.03 Å². The molecule has 1 aliphatic heterocycles. The first-order valence-electron chi connectivity index (χ1n) is 6.11. The summed E-state index contributed by atoms with van der Waals surface area (Å²) in [5.74, 6) is -1.93. The number of carbonyl (C=O) groups is 3. The lowest BCUT2D eigenvalue weighted by molar-refractivity contribution is -0.148. The van der Waals surface area contributed by atoms with Crippen LogP contribution in [0, 0.1) is 11.2 Å². The smallest absolute Gasteiger partial charge is 0.276 e. The van der Waals surface area contributed by atoms with Gasteiger partial charge in [0.1, 0.15) is 16.9 Å². The van der Waals surface area contributed by atoms with Crippen LogP contribution in [0.1, 0.15) is 19.3 Å². The van der Waals surface area contributed by atoms with Crippen LogP contribution in [0.5, 0.6) is 0 Å². The van der Waals surface area contributed by atoms with Crippen molar-refractivity contribution in [3.05, 3.63) is 28.5 Å². The molecule has 2 aliphatic rings. The molecule has 0 radical (unpaired) electrons. The van der Waals surface area contributed by atoms with Gasteiger partial charge in [0.05, 0.1) is 0 Å². The summed E-state index contributed by atoms with van der Waals surface area (Å²) < 4.78 is 14.2. The van der Waals surface area contributed by atoms with E-state index >= 15 is 0 Å². The maximum atomic E-state index is 14.0. The topological polar surface area (TPSA) is 66.5 Å². The van der Waals surface area contributed by atoms with Crippen molar-refractivity contribution < 1.29 is 18.8 Å². The van der Waals surface area contributed by atoms with Crippen molar-refractivity contribution in [1.29, 1.82) is 0 Å². The van der Waals surface area contributed by atoms with E-state index in [0.717, 1.165) is 17.4 Å². The van der Waals surface area contributed by atoms with Crippen molar-refractivity contribution in [3.8, 4) is 0 Å². The second-order valence-corrected chi connectivity index (χ2v) is 5.76. The minimum Gasteiger partial charge on any atom is -0.276 e. The number of halogens is 2. The third-order valence-electron chi connectivity index (χ3n) is 3.84. The fraction of sp³-hybridized carbons (Fsp3) is 0.308. The number of hydrogen-bond acceptors (Lipinski definition) is 3. The molecule has 0 atom stereocenters. The lowest BCUT2D eigenvalue weighted by atomic mass is 9.66. The number of imide groups is 2. The highest BCUT2D eigenvalue weighted by molar-refractivity contribution is 9.10. The minimum atomic E-state index is -1.21. The van der Waals surface area contributed by atoms with Gasteiger partial charge in [-0.05, 0) is 40.9 Å². The van der Waals surface area contributed by atoms with Crippen LogP contribution in [0.25, 0.3) is 0 Å². The van der Waals surface area contributed by atoms with Crippen LogP contribution in [-0.4, -0.2) is 17.8 Å². The Morgan fingerprint density at radius 3 is 2.50 bits per heavy atom. The molecule has 0 bridgehead atoms. The summed E-state index contributed by atoms with van der Waals surface area (Å²) in [6, 6.07) is 3.23. The van der Waals surface area contributed by atoms with Gasteiger partial charge in [0.15, 0.2) is 0 Å². The van der Waals surface area contributed by atoms with Crippen LogP contribution in [0.4, 0.5) is 14.9 Å². The highest BCUT2D eigenvalue weighted by atomic mass is 79.9. The van der Waals surface area contributed by atoms with Gasteiger partial charge in [0.2, 0.25) is 5.91 Å². The van der Waals surface area contributed by atoms with E-state index in [9.17, 15) is 18.8 Å². The fourth-order valence-corrected chi connectivity index (χ4v) is 3.07. The molecule has 1 saturated heterocycles. The van der Waals surface area contributed by atoms with E-state index in [2.05, 4.69) is 21.2 Å². The van der Waals surface area contributed by atoms with Gasteiger partial charge in [-0.25, -0.2) is 14.1 Å². The standard InChI is InChI=1S/C13H10BrFN2O3/c14-7-3-1-4-8(15)9(7)17-11(19)13(5-2-6-13)10(18)16-12(17)20/h1,3-4H,2,5-6H2,(H,16,18,20). The lowest BCUT2D eigenvalue weighted by Gasteiger charge is -2.44. The molecule has 1 saturated carbocycles. The number of rotatable bonds is 1. The van der Waals surface area contributed by atoms with Gasteiger partial charge in [-0.1, -0.05) is 12.5 Å². The third-order valence-corrected chi connectivity index (χ3v) is 4.48. The molecule has 1 spiro atoms. The highest BCUT2D eigenvalue weighted by Crippen LogP contribution is 2.46. The van der Waals surface area contributed by atoms with Crippen LogP contribution < -0.4 is 10.2 Å². The quantitative estimate of drug-likeness (QED) is 0.798. The van der Waals surface area contributed by atoms with E-state index in [0.29, 0.717) is 12.8 Å². The van der Waals surface area contributed by atoms with Crippen LogP contribution >= 0.6 is 15.9 Å². The van der Waals surface area contributed by atoms with Gasteiger partial charge in [-0.3, -0.25) is 14.9 Å². The van der Waals surface area contributed by atoms with E-state index in [1.807, 2.05) is 0 Å². The Kier molecular flexibility index (Phi) is 2.89. The largest absolute Gasteiger partial charge is 0.335 e. The van der Waals surface area contributed by atoms with Gasteiger partial charge in [0.25, 0.3) is 5.91 Å². The lowest BCUT2D eigenvalue weighted by Crippen LogP contribution is -2.66. The third kappa shape index (κ3) is 1.62. The Balaban J connectivity index is 2.11. The second-order valence-electron chi connectivity index (χ2n) is 4.91. The van der Waals surface area contributed by atoms with Crippen LogP contribution in [0.3, 0.4) is 0 Å². The van der Waals surface area contributed by atoms with E-state index in [-0.39, 0.29) is 10.2 Å². The van der Waals surface area contributed by atoms with E-state index in [4.69, 9.17) is 0 Å². The van der Waals surface area contributed by atoms with E-state index < -0.39 is 29.1 Å². The van der Waals surface area contributed by atoms with Crippen molar-refractivity contribution in [2.75, 3.05) is 4.90 Å². The Morgan fingerprint density at radius 2 is 1.95 bits per heavy atom. The first-order chi connectivity index (χ1) is 9.47. The van der Waals surface area contributed by atoms with Gasteiger partial charge in [0, 0.05) is 4.47 Å². The van der Waals surface area contributed by atoms with Crippen molar-refractivity contribution >= 4 is 39.5 Å². The highest BCUT2D eigenvalue weighted by Gasteiger charge is 2.58. The first-order valence-corrected chi connectivity index (χ1v) is 6.91. The number of nitrogens with one attached hydrogen (secondary N) is 1. The number of amides is 4. The summed E-state index contributed by atoms with van der Waals surface area (Å²) in [7, 11) is 0. The molecular formula is C13H10BrFN2O3. The SMILES string of the molecule is O=C1NC(=O)C2(CCC2)C(=O)N1c1c(F)cccc1Br. The maximum Gasteiger partial charge on any atom is 0.335 e. The average Bonchev–Trinajstić information content (AvgIpc) is 2.30. The number of urea groups is 1. The number of hydrogen-bond donors (Lipinski definition) is 1. The molecule has 1 aromatic carbocycles. The predicted molar refractivity (Wildman–Crippen MR) is 71.4 cm³/mol. The molecule has 1 aliphatic carbocycles. The number of benzene rings is 1. The fourth-order valence-electron chi connectivity index (χ4n) is 2.55. The zero-order valence-electron chi connectivity index (χ0n) is 10.3. The van der Waals surface area contributed by atoms with E-state index in [1.165, 1.54) is 12.1 Å². The Morgan fingerprint density at radius 1 is 1.25 bits per heavy atom. The Bertz CT molecular complexity index is 622. The Hall–Kier alpha value is -1.76. The van der Waals surface area contributed by atoms with Gasteiger partial charge in [-0.15, -0.1) is 0 Å². The summed E-state index contributed by atoms with van der Waals surface area (Å²) in [5.41, 5.74) is -1.37. The van der Waals surface area contributed by atoms with Crippen molar-refractivity contribution in [2.45, 2.75) is 19.3 Å². The molecule has 1 N–H and O–H groups in total. The molecule has 3 rings (SSSR count). The maximum absolute atomic E-state index is 14.0. The normalized spacial score (nSPS) is 20.9. The molecule has 104 valence electrons. The average molecular weight is 341 g/mol. The van der Waals surface area contributed by atoms with Crippen LogP contribution in [0.2, 0.25) is 0 Å². The number of barbiturate groups is 1. The number of anilines is 1. The number of nitrogens with zero attached hydrogens (tertiary/aromatic N) is 1. The van der Waals surface area contributed by atoms with Gasteiger partial charge in [-0.2, -0.15) is 0 Å². The van der Waals surface area contributed by atoms with E-state index in [1.54, 1.807) is 0 Å². The molecule has 0 unspecified atom stereocenters. The summed E-state index contributed by atoms with van der Waals surface area (Å²) in [5, 5.41) is 2.15. The monoisotopic (exact) mass is 340 g/mol. The summed E-state index contributed by atoms with van der Waals surface area (Å²) in [6.45, 7) is 0. The number of para-hydroxylation sites is 1. The molecule has 4 amide bonds. The predicted octanol–water partition coefficient (Wildman–Crippen LogP) is 2.34. The van der Waals surface area contributed by atoms with Crippen LogP contribution in [0.15, 0.2) is 22.7 Å². The molecule has 0 aromatic heterocycles. The summed E-state index contributed by atoms with van der Waals surface area (Å²) in [6.07, 6.45) is 1.50. The first kappa shape index (κ1) is 13.2. The Labute approximate surface area is 122 Å². The minimum absolute atomic E-state index is 0.159. The zero-order chi connectivity index (χ0) is 14.5. The molecular weight excluding hydrogens is 331 g/mol. The molecule has 2 fully saturated rings. The van der Waals surface area contributed by atoms with Crippen molar-refractivity contribution in [2.24, 2.45) is 5.41 Å². The van der Waals surface area contributed by atoms with Gasteiger partial charge < -0.3 is 0 Å². The molecule has 1 aromatic rings. The summed E-state index contributed by atoms with van der Waals surface area (Å²) in [4.78, 5) is 37.0. The molecule has 1 heterocycles. The summed E-state index contributed by atoms with van der Waals surface area (Å²) >= 11 is 3.13. The zero-order valence-corrected chi connectivity index (χ0v) is 11.9. The molecule has 7 heteroatoms.